The van der Waals surface area contributed by atoms with Crippen LogP contribution in [0.15, 0.2) is 87.1 Å². The lowest BCUT2D eigenvalue weighted by atomic mass is 10.1. The molecule has 3 aromatic carbocycles. The van der Waals surface area contributed by atoms with Crippen molar-refractivity contribution in [3.63, 3.8) is 0 Å². The molecule has 0 aliphatic carbocycles. The van der Waals surface area contributed by atoms with Gasteiger partial charge in [0.1, 0.15) is 18.6 Å². The van der Waals surface area contributed by atoms with Crippen LogP contribution in [0.4, 0.5) is 0 Å². The van der Waals surface area contributed by atoms with E-state index < -0.39 is 10.0 Å². The molecular weight excluding hydrogens is 488 g/mol. The van der Waals surface area contributed by atoms with E-state index in [0.717, 1.165) is 27.5 Å². The first-order valence-electron chi connectivity index (χ1n) is 12.3. The minimum absolute atomic E-state index is 0.175. The number of fused-ring (bicyclic) bond motifs is 1. The Balaban J connectivity index is 1.18. The molecule has 1 aliphatic rings. The first kappa shape index (κ1) is 25.2. The standard InChI is InChI=1S/C29H30N2O5S/c1-21-13-22(2)15-23(14-21)19-36-29-20-35-26(17-28(29)32)18-30-9-11-31(12-10-30)37(33,34)27-8-7-24-5-3-4-6-25(24)16-27/h3-8,13-17,20H,9-12,18-19H2,1-2H3. The molecule has 5 rings (SSSR count). The van der Waals surface area contributed by atoms with Crippen molar-refractivity contribution in [2.24, 2.45) is 0 Å². The van der Waals surface area contributed by atoms with Gasteiger partial charge in [-0.15, -0.1) is 0 Å². The van der Waals surface area contributed by atoms with Crippen LogP contribution in [0.1, 0.15) is 22.5 Å². The second-order valence-electron chi connectivity index (χ2n) is 9.55. The van der Waals surface area contributed by atoms with E-state index in [1.54, 1.807) is 12.1 Å². The normalized spacial score (nSPS) is 15.2. The average molecular weight is 519 g/mol. The summed E-state index contributed by atoms with van der Waals surface area (Å²) < 4.78 is 39.3. The van der Waals surface area contributed by atoms with Crippen molar-refractivity contribution in [3.05, 3.63) is 106 Å². The third kappa shape index (κ3) is 5.77. The Kier molecular flexibility index (Phi) is 7.15. The van der Waals surface area contributed by atoms with E-state index in [2.05, 4.69) is 11.0 Å². The summed E-state index contributed by atoms with van der Waals surface area (Å²) in [4.78, 5) is 15.0. The van der Waals surface area contributed by atoms with Crippen molar-refractivity contribution in [1.82, 2.24) is 9.21 Å². The summed E-state index contributed by atoms with van der Waals surface area (Å²) in [6.07, 6.45) is 1.36. The van der Waals surface area contributed by atoms with Crippen molar-refractivity contribution in [3.8, 4) is 5.75 Å². The fourth-order valence-electron chi connectivity index (χ4n) is 4.77. The number of hydrogen-bond acceptors (Lipinski definition) is 6. The van der Waals surface area contributed by atoms with Crippen LogP contribution in [0, 0.1) is 13.8 Å². The molecule has 1 aliphatic heterocycles. The highest BCUT2D eigenvalue weighted by atomic mass is 32.2. The largest absolute Gasteiger partial charge is 0.482 e. The third-order valence-corrected chi connectivity index (χ3v) is 8.49. The van der Waals surface area contributed by atoms with Gasteiger partial charge < -0.3 is 9.15 Å². The zero-order chi connectivity index (χ0) is 26.0. The van der Waals surface area contributed by atoms with Crippen LogP contribution in [0.2, 0.25) is 0 Å². The number of piperazine rings is 1. The van der Waals surface area contributed by atoms with Gasteiger partial charge in [-0.3, -0.25) is 9.69 Å². The molecule has 0 saturated carbocycles. The van der Waals surface area contributed by atoms with Crippen LogP contribution < -0.4 is 10.2 Å². The van der Waals surface area contributed by atoms with Crippen LogP contribution >= 0.6 is 0 Å². The number of hydrogen-bond donors (Lipinski definition) is 0. The Hall–Kier alpha value is -3.46. The van der Waals surface area contributed by atoms with Crippen molar-refractivity contribution < 1.29 is 17.6 Å². The summed E-state index contributed by atoms with van der Waals surface area (Å²) in [5.41, 5.74) is 3.05. The molecule has 4 aromatic rings. The van der Waals surface area contributed by atoms with E-state index in [0.29, 0.717) is 50.0 Å². The van der Waals surface area contributed by atoms with Gasteiger partial charge in [0.25, 0.3) is 0 Å². The summed E-state index contributed by atoms with van der Waals surface area (Å²) >= 11 is 0. The molecular formula is C29H30N2O5S. The predicted octanol–water partition coefficient (Wildman–Crippen LogP) is 4.50. The molecule has 37 heavy (non-hydrogen) atoms. The molecule has 192 valence electrons. The number of nitrogens with zero attached hydrogens (tertiary/aromatic N) is 2. The lowest BCUT2D eigenvalue weighted by Crippen LogP contribution is -2.48. The maximum atomic E-state index is 13.2. The lowest BCUT2D eigenvalue weighted by molar-refractivity contribution is 0.169. The Bertz CT molecular complexity index is 1570. The van der Waals surface area contributed by atoms with Crippen molar-refractivity contribution in [2.45, 2.75) is 31.9 Å². The summed E-state index contributed by atoms with van der Waals surface area (Å²) in [5, 5.41) is 1.91. The van der Waals surface area contributed by atoms with E-state index in [9.17, 15) is 13.2 Å². The molecule has 0 N–H and O–H groups in total. The van der Waals surface area contributed by atoms with E-state index in [1.807, 2.05) is 56.3 Å². The molecule has 0 radical (unpaired) electrons. The third-order valence-electron chi connectivity index (χ3n) is 6.60. The van der Waals surface area contributed by atoms with Gasteiger partial charge in [0.2, 0.25) is 21.2 Å². The summed E-state index contributed by atoms with van der Waals surface area (Å²) in [6.45, 7) is 6.60. The van der Waals surface area contributed by atoms with Crippen LogP contribution in [0.25, 0.3) is 10.8 Å². The molecule has 0 spiro atoms. The average Bonchev–Trinajstić information content (AvgIpc) is 2.88. The van der Waals surface area contributed by atoms with Crippen molar-refractivity contribution >= 4 is 20.8 Å². The molecule has 1 fully saturated rings. The number of ether oxygens (including phenoxy) is 1. The Morgan fingerprint density at radius 2 is 1.57 bits per heavy atom. The highest BCUT2D eigenvalue weighted by molar-refractivity contribution is 7.89. The van der Waals surface area contributed by atoms with E-state index in [4.69, 9.17) is 9.15 Å². The van der Waals surface area contributed by atoms with Crippen LogP contribution in [0.3, 0.4) is 0 Å². The minimum atomic E-state index is -3.58. The second-order valence-corrected chi connectivity index (χ2v) is 11.5. The highest BCUT2D eigenvalue weighted by Gasteiger charge is 2.29. The van der Waals surface area contributed by atoms with Gasteiger partial charge in [0, 0.05) is 32.2 Å². The lowest BCUT2D eigenvalue weighted by Gasteiger charge is -2.33. The molecule has 1 aromatic heterocycles. The number of sulfonamides is 1. The number of benzene rings is 3. The Labute approximate surface area is 217 Å². The molecule has 0 atom stereocenters. The van der Waals surface area contributed by atoms with Crippen molar-refractivity contribution in [2.75, 3.05) is 26.2 Å². The molecule has 0 unspecified atom stereocenters. The van der Waals surface area contributed by atoms with Crippen LogP contribution in [-0.4, -0.2) is 43.8 Å². The zero-order valence-corrected chi connectivity index (χ0v) is 21.8. The Morgan fingerprint density at radius 1 is 0.865 bits per heavy atom. The topological polar surface area (TPSA) is 80.1 Å². The first-order chi connectivity index (χ1) is 17.8. The van der Waals surface area contributed by atoms with Gasteiger partial charge in [0.05, 0.1) is 11.4 Å². The predicted molar refractivity (Wildman–Crippen MR) is 143 cm³/mol. The summed E-state index contributed by atoms with van der Waals surface area (Å²) in [7, 11) is -3.58. The SMILES string of the molecule is Cc1cc(C)cc(COc2coc(CN3CCN(S(=O)(=O)c4ccc5ccccc5c4)CC3)cc2=O)c1. The molecule has 1 saturated heterocycles. The second kappa shape index (κ2) is 10.5. The molecule has 7 nitrogen and oxygen atoms in total. The number of rotatable bonds is 7. The van der Waals surface area contributed by atoms with E-state index in [-0.39, 0.29) is 11.2 Å². The minimum Gasteiger partial charge on any atom is -0.482 e. The fourth-order valence-corrected chi connectivity index (χ4v) is 6.22. The van der Waals surface area contributed by atoms with Gasteiger partial charge in [-0.25, -0.2) is 8.42 Å². The number of aryl methyl sites for hydroxylation is 2. The van der Waals surface area contributed by atoms with Gasteiger partial charge >= 0.3 is 0 Å². The maximum Gasteiger partial charge on any atom is 0.243 e. The molecule has 0 bridgehead atoms. The molecule has 8 heteroatoms. The van der Waals surface area contributed by atoms with E-state index in [1.165, 1.54) is 16.6 Å². The van der Waals surface area contributed by atoms with Gasteiger partial charge in [-0.2, -0.15) is 4.31 Å². The van der Waals surface area contributed by atoms with Gasteiger partial charge in [-0.05, 0) is 42.3 Å². The Morgan fingerprint density at radius 3 is 2.27 bits per heavy atom. The van der Waals surface area contributed by atoms with Gasteiger partial charge in [-0.1, -0.05) is 59.7 Å². The zero-order valence-electron chi connectivity index (χ0n) is 21.0. The molecule has 0 amide bonds. The summed E-state index contributed by atoms with van der Waals surface area (Å²) in [6, 6.07) is 20.6. The quantitative estimate of drug-likeness (QED) is 0.359. The summed E-state index contributed by atoms with van der Waals surface area (Å²) in [5.74, 6) is 0.698. The van der Waals surface area contributed by atoms with Crippen molar-refractivity contribution in [1.29, 1.82) is 0 Å². The molecule has 2 heterocycles. The monoisotopic (exact) mass is 518 g/mol. The van der Waals surface area contributed by atoms with Gasteiger partial charge in [0.15, 0.2) is 0 Å². The smallest absolute Gasteiger partial charge is 0.243 e. The van der Waals surface area contributed by atoms with Crippen LogP contribution in [0.5, 0.6) is 5.75 Å². The van der Waals surface area contributed by atoms with E-state index >= 15 is 0 Å². The maximum absolute atomic E-state index is 13.2. The highest BCUT2D eigenvalue weighted by Crippen LogP contribution is 2.23. The van der Waals surface area contributed by atoms with Crippen LogP contribution in [-0.2, 0) is 23.2 Å². The first-order valence-corrected chi connectivity index (χ1v) is 13.7. The fraction of sp³-hybridized carbons (Fsp3) is 0.276.